The number of nitrogens with zero attached hydrogens (tertiary/aromatic N) is 1. The Bertz CT molecular complexity index is 892. The van der Waals surface area contributed by atoms with Gasteiger partial charge in [-0.25, -0.2) is 4.79 Å². The molecule has 1 aromatic heterocycles. The van der Waals surface area contributed by atoms with E-state index in [1.165, 1.54) is 24.1 Å². The maximum Gasteiger partial charge on any atom is 0.348 e. The van der Waals surface area contributed by atoms with Gasteiger partial charge in [-0.05, 0) is 35.4 Å². The molecule has 0 unspecified atom stereocenters. The highest BCUT2D eigenvalue weighted by Gasteiger charge is 2.11. The fourth-order valence-corrected chi connectivity index (χ4v) is 3.51. The number of hydrogen-bond acceptors (Lipinski definition) is 4. The SMILES string of the molecule is COC(=O)c1cc2c(C=Cc3ccc(N(C)C)cc3)cccc2s1. The number of fused-ring (bicyclic) bond motifs is 1. The molecule has 0 radical (unpaired) electrons. The minimum atomic E-state index is -0.287. The largest absolute Gasteiger partial charge is 0.465 e. The van der Waals surface area contributed by atoms with Gasteiger partial charge in [0, 0.05) is 29.9 Å². The summed E-state index contributed by atoms with van der Waals surface area (Å²) >= 11 is 1.46. The summed E-state index contributed by atoms with van der Waals surface area (Å²) < 4.78 is 5.90. The van der Waals surface area contributed by atoms with Crippen LogP contribution in [0.4, 0.5) is 5.69 Å². The van der Waals surface area contributed by atoms with Gasteiger partial charge in [-0.2, -0.15) is 0 Å². The van der Waals surface area contributed by atoms with Gasteiger partial charge >= 0.3 is 5.97 Å². The summed E-state index contributed by atoms with van der Waals surface area (Å²) in [4.78, 5) is 14.4. The van der Waals surface area contributed by atoms with Gasteiger partial charge in [0.1, 0.15) is 4.88 Å². The molecule has 4 heteroatoms. The lowest BCUT2D eigenvalue weighted by atomic mass is 10.1. The van der Waals surface area contributed by atoms with Crippen LogP contribution in [0.15, 0.2) is 48.5 Å². The Morgan fingerprint density at radius 3 is 2.50 bits per heavy atom. The number of carbonyl (C=O) groups excluding carboxylic acids is 1. The van der Waals surface area contributed by atoms with Crippen molar-refractivity contribution in [1.82, 2.24) is 0 Å². The fraction of sp³-hybridized carbons (Fsp3) is 0.150. The lowest BCUT2D eigenvalue weighted by Crippen LogP contribution is -2.07. The van der Waals surface area contributed by atoms with E-state index in [9.17, 15) is 4.79 Å². The lowest BCUT2D eigenvalue weighted by molar-refractivity contribution is 0.0606. The van der Waals surface area contributed by atoms with Crippen molar-refractivity contribution in [3.8, 4) is 0 Å². The number of thiophene rings is 1. The molecule has 0 saturated heterocycles. The van der Waals surface area contributed by atoms with Gasteiger partial charge in [0.15, 0.2) is 0 Å². The second-order valence-corrected chi connectivity index (χ2v) is 6.76. The average Bonchev–Trinajstić information content (AvgIpc) is 3.04. The summed E-state index contributed by atoms with van der Waals surface area (Å²) in [6, 6.07) is 16.4. The Kier molecular flexibility index (Phi) is 4.67. The molecular weight excluding hydrogens is 318 g/mol. The van der Waals surface area contributed by atoms with Crippen LogP contribution in [0, 0.1) is 0 Å². The third-order valence-electron chi connectivity index (χ3n) is 3.85. The predicted molar refractivity (Wildman–Crippen MR) is 103 cm³/mol. The third-order valence-corrected chi connectivity index (χ3v) is 4.93. The van der Waals surface area contributed by atoms with E-state index in [0.717, 1.165) is 21.2 Å². The number of rotatable bonds is 4. The Balaban J connectivity index is 1.91. The van der Waals surface area contributed by atoms with Crippen LogP contribution in [-0.2, 0) is 4.74 Å². The molecule has 0 aliphatic carbocycles. The van der Waals surface area contributed by atoms with E-state index in [2.05, 4.69) is 47.4 Å². The van der Waals surface area contributed by atoms with Crippen LogP contribution >= 0.6 is 11.3 Å². The number of ether oxygens (including phenoxy) is 1. The molecule has 0 spiro atoms. The van der Waals surface area contributed by atoms with Crippen molar-refractivity contribution in [2.45, 2.75) is 0 Å². The number of benzene rings is 2. The highest BCUT2D eigenvalue weighted by atomic mass is 32.1. The molecule has 3 rings (SSSR count). The molecule has 0 amide bonds. The van der Waals surface area contributed by atoms with Gasteiger partial charge in [0.2, 0.25) is 0 Å². The molecule has 0 saturated carbocycles. The van der Waals surface area contributed by atoms with Crippen molar-refractivity contribution in [2.75, 3.05) is 26.1 Å². The molecule has 2 aromatic carbocycles. The summed E-state index contributed by atoms with van der Waals surface area (Å²) in [6.07, 6.45) is 4.17. The van der Waals surface area contributed by atoms with Crippen molar-refractivity contribution in [1.29, 1.82) is 0 Å². The number of esters is 1. The van der Waals surface area contributed by atoms with Gasteiger partial charge in [-0.3, -0.25) is 0 Å². The molecule has 0 fully saturated rings. The standard InChI is InChI=1S/C20H19NO2S/c1-21(2)16-11-8-14(9-12-16)7-10-15-5-4-6-18-17(15)13-19(24-18)20(22)23-3/h4-13H,1-3H3. The first kappa shape index (κ1) is 16.3. The molecule has 3 nitrogen and oxygen atoms in total. The molecule has 0 aliphatic heterocycles. The topological polar surface area (TPSA) is 29.5 Å². The molecule has 1 heterocycles. The van der Waals surface area contributed by atoms with Crippen molar-refractivity contribution in [2.24, 2.45) is 0 Å². The molecular formula is C20H19NO2S. The lowest BCUT2D eigenvalue weighted by Gasteiger charge is -2.11. The number of hydrogen-bond donors (Lipinski definition) is 0. The minimum Gasteiger partial charge on any atom is -0.465 e. The van der Waals surface area contributed by atoms with E-state index in [4.69, 9.17) is 4.74 Å². The quantitative estimate of drug-likeness (QED) is 0.500. The Morgan fingerprint density at radius 2 is 1.83 bits per heavy atom. The van der Waals surface area contributed by atoms with Gasteiger partial charge in [0.25, 0.3) is 0 Å². The van der Waals surface area contributed by atoms with Crippen LogP contribution in [0.1, 0.15) is 20.8 Å². The Morgan fingerprint density at radius 1 is 1.08 bits per heavy atom. The summed E-state index contributed by atoms with van der Waals surface area (Å²) in [5, 5.41) is 1.07. The smallest absolute Gasteiger partial charge is 0.348 e. The van der Waals surface area contributed by atoms with Crippen LogP contribution in [0.3, 0.4) is 0 Å². The van der Waals surface area contributed by atoms with Crippen molar-refractivity contribution in [3.63, 3.8) is 0 Å². The van der Waals surface area contributed by atoms with E-state index in [1.54, 1.807) is 0 Å². The normalized spacial score (nSPS) is 11.1. The highest BCUT2D eigenvalue weighted by Crippen LogP contribution is 2.30. The zero-order valence-electron chi connectivity index (χ0n) is 13.9. The second-order valence-electron chi connectivity index (χ2n) is 5.68. The van der Waals surface area contributed by atoms with Crippen LogP contribution in [0.2, 0.25) is 0 Å². The van der Waals surface area contributed by atoms with Gasteiger partial charge < -0.3 is 9.64 Å². The molecule has 24 heavy (non-hydrogen) atoms. The summed E-state index contributed by atoms with van der Waals surface area (Å²) in [5.74, 6) is -0.287. The first-order valence-corrected chi connectivity index (χ1v) is 8.46. The van der Waals surface area contributed by atoms with E-state index in [0.29, 0.717) is 4.88 Å². The fourth-order valence-electron chi connectivity index (χ4n) is 2.50. The van der Waals surface area contributed by atoms with Crippen LogP contribution in [-0.4, -0.2) is 27.2 Å². The Hall–Kier alpha value is -2.59. The van der Waals surface area contributed by atoms with Gasteiger partial charge in [-0.1, -0.05) is 36.4 Å². The summed E-state index contributed by atoms with van der Waals surface area (Å²) in [6.45, 7) is 0. The second kappa shape index (κ2) is 6.89. The summed E-state index contributed by atoms with van der Waals surface area (Å²) in [5.41, 5.74) is 3.41. The monoisotopic (exact) mass is 337 g/mol. The first-order chi connectivity index (χ1) is 11.6. The van der Waals surface area contributed by atoms with Crippen molar-refractivity contribution in [3.05, 3.63) is 64.5 Å². The van der Waals surface area contributed by atoms with Crippen molar-refractivity contribution >= 4 is 45.2 Å². The van der Waals surface area contributed by atoms with Gasteiger partial charge in [-0.15, -0.1) is 11.3 Å². The minimum absolute atomic E-state index is 0.287. The van der Waals surface area contributed by atoms with E-state index >= 15 is 0 Å². The summed E-state index contributed by atoms with van der Waals surface area (Å²) in [7, 11) is 5.47. The number of anilines is 1. The predicted octanol–water partition coefficient (Wildman–Crippen LogP) is 4.92. The molecule has 0 aliphatic rings. The molecule has 0 atom stereocenters. The van der Waals surface area contributed by atoms with E-state index in [1.807, 2.05) is 32.3 Å². The number of carbonyl (C=O) groups is 1. The average molecular weight is 337 g/mol. The van der Waals surface area contributed by atoms with Crippen LogP contribution in [0.25, 0.3) is 22.2 Å². The van der Waals surface area contributed by atoms with Crippen LogP contribution < -0.4 is 4.90 Å². The molecule has 0 N–H and O–H groups in total. The van der Waals surface area contributed by atoms with Crippen LogP contribution in [0.5, 0.6) is 0 Å². The molecule has 0 bridgehead atoms. The molecule has 3 aromatic rings. The maximum atomic E-state index is 11.7. The van der Waals surface area contributed by atoms with E-state index in [-0.39, 0.29) is 5.97 Å². The van der Waals surface area contributed by atoms with Gasteiger partial charge in [0.05, 0.1) is 7.11 Å². The first-order valence-electron chi connectivity index (χ1n) is 7.65. The van der Waals surface area contributed by atoms with E-state index < -0.39 is 0 Å². The zero-order valence-corrected chi connectivity index (χ0v) is 14.8. The molecule has 122 valence electrons. The number of methoxy groups -OCH3 is 1. The maximum absolute atomic E-state index is 11.7. The Labute approximate surface area is 145 Å². The zero-order chi connectivity index (χ0) is 17.1. The third kappa shape index (κ3) is 3.34. The highest BCUT2D eigenvalue weighted by molar-refractivity contribution is 7.20. The van der Waals surface area contributed by atoms with Crippen molar-refractivity contribution < 1.29 is 9.53 Å².